The van der Waals surface area contributed by atoms with E-state index in [1.54, 1.807) is 0 Å². The Kier molecular flexibility index (Phi) is 5.81. The second-order valence-electron chi connectivity index (χ2n) is 6.19. The highest BCUT2D eigenvalue weighted by atomic mass is 32.2. The molecule has 1 aromatic heterocycles. The van der Waals surface area contributed by atoms with Crippen LogP contribution in [0.5, 0.6) is 0 Å². The number of benzene rings is 2. The van der Waals surface area contributed by atoms with Crippen molar-refractivity contribution in [2.45, 2.75) is 11.1 Å². The number of hydrogen-bond acceptors (Lipinski definition) is 4. The molecule has 156 valence electrons. The monoisotopic (exact) mass is 436 g/mol. The summed E-state index contributed by atoms with van der Waals surface area (Å²) in [5.41, 5.74) is 1.77. The van der Waals surface area contributed by atoms with E-state index in [0.29, 0.717) is 16.7 Å². The van der Waals surface area contributed by atoms with Gasteiger partial charge in [0.1, 0.15) is 0 Å². The molecule has 1 heterocycles. The van der Waals surface area contributed by atoms with Crippen LogP contribution in [0.3, 0.4) is 0 Å². The van der Waals surface area contributed by atoms with Crippen LogP contribution in [-0.4, -0.2) is 23.5 Å². The Bertz CT molecular complexity index is 1200. The fourth-order valence-corrected chi connectivity index (χ4v) is 3.87. The van der Waals surface area contributed by atoms with Gasteiger partial charge in [-0.2, -0.15) is 13.2 Å². The van der Waals surface area contributed by atoms with Crippen molar-refractivity contribution in [2.24, 2.45) is 0 Å². The van der Waals surface area contributed by atoms with E-state index in [2.05, 4.69) is 0 Å². The number of carbonyl (C=O) groups is 1. The fraction of sp³-hybridized carbons (Fsp3) is 0.0500. The van der Waals surface area contributed by atoms with E-state index >= 15 is 0 Å². The third-order valence-electron chi connectivity index (χ3n) is 4.18. The van der Waals surface area contributed by atoms with Gasteiger partial charge in [0.25, 0.3) is 15.9 Å². The van der Waals surface area contributed by atoms with E-state index in [-0.39, 0.29) is 4.90 Å². The summed E-state index contributed by atoms with van der Waals surface area (Å²) < 4.78 is 65.1. The maximum Gasteiger partial charge on any atom is 0.416 e. The molecule has 0 bridgehead atoms. The molecule has 0 aliphatic rings. The van der Waals surface area contributed by atoms with E-state index < -0.39 is 27.7 Å². The molecule has 0 spiro atoms. The summed E-state index contributed by atoms with van der Waals surface area (Å²) in [7, 11) is -3.94. The Hall–Kier alpha value is -3.37. The van der Waals surface area contributed by atoms with Gasteiger partial charge in [0.2, 0.25) is 0 Å². The predicted octanol–water partition coefficient (Wildman–Crippen LogP) is 3.93. The first-order chi connectivity index (χ1) is 14.1. The van der Waals surface area contributed by atoms with E-state index in [4.69, 9.17) is 5.21 Å². The average Bonchev–Trinajstić information content (AvgIpc) is 3.21. The van der Waals surface area contributed by atoms with E-state index in [9.17, 15) is 26.4 Å². The zero-order valence-corrected chi connectivity index (χ0v) is 16.0. The molecule has 0 unspecified atom stereocenters. The van der Waals surface area contributed by atoms with Crippen LogP contribution < -0.4 is 5.48 Å². The minimum absolute atomic E-state index is 0.0579. The number of aromatic nitrogens is 1. The molecular formula is C20H15F3N2O4S. The molecule has 0 aliphatic carbocycles. The number of carbonyl (C=O) groups excluding carboxylic acids is 1. The van der Waals surface area contributed by atoms with Crippen molar-refractivity contribution in [3.63, 3.8) is 0 Å². The Morgan fingerprint density at radius 3 is 2.37 bits per heavy atom. The molecule has 0 atom stereocenters. The summed E-state index contributed by atoms with van der Waals surface area (Å²) >= 11 is 0. The van der Waals surface area contributed by atoms with Gasteiger partial charge < -0.3 is 0 Å². The minimum Gasteiger partial charge on any atom is -0.288 e. The zero-order chi connectivity index (χ0) is 21.9. The third-order valence-corrected chi connectivity index (χ3v) is 5.83. The normalized spacial score (nSPS) is 12.3. The van der Waals surface area contributed by atoms with Crippen molar-refractivity contribution in [2.75, 3.05) is 0 Å². The highest BCUT2D eigenvalue weighted by Gasteiger charge is 2.30. The van der Waals surface area contributed by atoms with Crippen molar-refractivity contribution in [3.8, 4) is 11.1 Å². The molecule has 0 fully saturated rings. The third kappa shape index (κ3) is 4.61. The molecule has 3 aromatic rings. The minimum atomic E-state index is -4.47. The van der Waals surface area contributed by atoms with Gasteiger partial charge in [0.05, 0.1) is 10.5 Å². The number of amides is 1. The molecule has 30 heavy (non-hydrogen) atoms. The van der Waals surface area contributed by atoms with Crippen LogP contribution in [0.25, 0.3) is 17.2 Å². The Labute approximate surface area is 169 Å². The molecule has 0 saturated heterocycles. The van der Waals surface area contributed by atoms with Gasteiger partial charge in [-0.1, -0.05) is 24.3 Å². The molecule has 2 aromatic carbocycles. The van der Waals surface area contributed by atoms with E-state index in [1.807, 2.05) is 0 Å². The fourth-order valence-electron chi connectivity index (χ4n) is 2.67. The first-order valence-corrected chi connectivity index (χ1v) is 9.89. The van der Waals surface area contributed by atoms with Gasteiger partial charge in [0, 0.05) is 18.5 Å². The van der Waals surface area contributed by atoms with Crippen LogP contribution in [0.2, 0.25) is 0 Å². The van der Waals surface area contributed by atoms with Crippen LogP contribution in [0.15, 0.2) is 78.0 Å². The molecule has 1 amide bonds. The van der Waals surface area contributed by atoms with Crippen LogP contribution in [0.1, 0.15) is 11.1 Å². The number of alkyl halides is 3. The number of nitrogens with zero attached hydrogens (tertiary/aromatic N) is 1. The summed E-state index contributed by atoms with van der Waals surface area (Å²) in [4.78, 5) is 10.9. The van der Waals surface area contributed by atoms with Crippen molar-refractivity contribution in [1.82, 2.24) is 9.45 Å². The lowest BCUT2D eigenvalue weighted by atomic mass is 10.0. The van der Waals surface area contributed by atoms with Gasteiger partial charge in [0.15, 0.2) is 0 Å². The molecular weight excluding hydrogens is 421 g/mol. The van der Waals surface area contributed by atoms with Crippen LogP contribution in [0, 0.1) is 0 Å². The highest BCUT2D eigenvalue weighted by Crippen LogP contribution is 2.32. The van der Waals surface area contributed by atoms with Crippen molar-refractivity contribution in [3.05, 3.63) is 84.2 Å². The maximum atomic E-state index is 12.9. The summed E-state index contributed by atoms with van der Waals surface area (Å²) in [6.07, 6.45) is 0.423. The average molecular weight is 436 g/mol. The standard InChI is InChI=1S/C20H15F3N2O4S/c21-20(22,23)17-3-1-2-16(12-17)15-5-7-18(8-6-15)30(28,29)25-11-10-14(13-25)4-9-19(26)24-27/h1-13,27H,(H,24,26)/b9-4+. The summed E-state index contributed by atoms with van der Waals surface area (Å²) in [6, 6.07) is 11.7. The predicted molar refractivity (Wildman–Crippen MR) is 103 cm³/mol. The van der Waals surface area contributed by atoms with Crippen molar-refractivity contribution < 1.29 is 31.6 Å². The number of nitrogens with one attached hydrogen (secondary N) is 1. The Morgan fingerprint density at radius 1 is 1.03 bits per heavy atom. The van der Waals surface area contributed by atoms with Crippen LogP contribution >= 0.6 is 0 Å². The number of halogens is 3. The summed E-state index contributed by atoms with van der Waals surface area (Å²) in [6.45, 7) is 0. The number of hydrogen-bond donors (Lipinski definition) is 2. The topological polar surface area (TPSA) is 88.4 Å². The largest absolute Gasteiger partial charge is 0.416 e. The molecule has 10 heteroatoms. The smallest absolute Gasteiger partial charge is 0.288 e. The van der Waals surface area contributed by atoms with Crippen molar-refractivity contribution in [1.29, 1.82) is 0 Å². The van der Waals surface area contributed by atoms with Gasteiger partial charge >= 0.3 is 6.18 Å². The number of hydroxylamine groups is 1. The molecule has 0 saturated carbocycles. The SMILES string of the molecule is O=C(/C=C/c1ccn(S(=O)(=O)c2ccc(-c3cccc(C(F)(F)F)c3)cc2)c1)NO. The van der Waals surface area contributed by atoms with Crippen LogP contribution in [0.4, 0.5) is 13.2 Å². The zero-order valence-electron chi connectivity index (χ0n) is 15.2. The lowest BCUT2D eigenvalue weighted by Gasteiger charge is -2.10. The number of rotatable bonds is 5. The van der Waals surface area contributed by atoms with E-state index in [0.717, 1.165) is 22.2 Å². The molecule has 3 rings (SSSR count). The summed E-state index contributed by atoms with van der Waals surface area (Å²) in [5.74, 6) is -0.768. The first kappa shape index (κ1) is 21.3. The first-order valence-electron chi connectivity index (χ1n) is 8.45. The van der Waals surface area contributed by atoms with Crippen molar-refractivity contribution >= 4 is 22.0 Å². The van der Waals surface area contributed by atoms with Gasteiger partial charge in [-0.15, -0.1) is 0 Å². The quantitative estimate of drug-likeness (QED) is 0.360. The van der Waals surface area contributed by atoms with E-state index in [1.165, 1.54) is 66.4 Å². The maximum absolute atomic E-state index is 12.9. The lowest BCUT2D eigenvalue weighted by Crippen LogP contribution is -2.14. The molecule has 0 radical (unpaired) electrons. The highest BCUT2D eigenvalue weighted by molar-refractivity contribution is 7.90. The van der Waals surface area contributed by atoms with Gasteiger partial charge in [-0.05, 0) is 53.1 Å². The second-order valence-corrected chi connectivity index (χ2v) is 8.04. The molecule has 2 N–H and O–H groups in total. The summed E-state index contributed by atoms with van der Waals surface area (Å²) in [5, 5.41) is 8.45. The second kappa shape index (κ2) is 8.17. The van der Waals surface area contributed by atoms with Gasteiger partial charge in [-0.25, -0.2) is 17.9 Å². The lowest BCUT2D eigenvalue weighted by molar-refractivity contribution is -0.137. The Morgan fingerprint density at radius 2 is 1.73 bits per heavy atom. The Balaban J connectivity index is 1.86. The molecule has 6 nitrogen and oxygen atoms in total. The van der Waals surface area contributed by atoms with Crippen LogP contribution in [-0.2, 0) is 21.0 Å². The molecule has 0 aliphatic heterocycles. The van der Waals surface area contributed by atoms with Gasteiger partial charge in [-0.3, -0.25) is 10.0 Å².